The number of unbranched alkanes of at least 4 members (excludes halogenated alkanes) is 21. The Morgan fingerprint density at radius 1 is 0.516 bits per heavy atom. The number of nitrogens with zero attached hydrogens (tertiary/aromatic N) is 1. The number of ether oxygens (including phenoxy) is 2. The molecule has 0 radical (unpaired) electrons. The van der Waals surface area contributed by atoms with Gasteiger partial charge in [-0.2, -0.15) is 0 Å². The molecule has 360 valence electrons. The number of quaternary nitrogens is 1. The molecule has 62 heavy (non-hydrogen) atoms. The minimum absolute atomic E-state index is 0.0277. The van der Waals surface area contributed by atoms with Crippen LogP contribution in [-0.2, 0) is 32.7 Å². The van der Waals surface area contributed by atoms with Crippen molar-refractivity contribution in [2.75, 3.05) is 47.5 Å². The van der Waals surface area contributed by atoms with Crippen molar-refractivity contribution in [3.8, 4) is 0 Å². The fourth-order valence-corrected chi connectivity index (χ4v) is 7.39. The van der Waals surface area contributed by atoms with Gasteiger partial charge in [-0.05, 0) is 77.0 Å². The highest BCUT2D eigenvalue weighted by molar-refractivity contribution is 7.47. The second-order valence-corrected chi connectivity index (χ2v) is 19.3. The third-order valence-electron chi connectivity index (χ3n) is 10.5. The molecule has 0 aliphatic rings. The zero-order valence-electron chi connectivity index (χ0n) is 40.6. The van der Waals surface area contributed by atoms with Crippen molar-refractivity contribution < 1.29 is 42.1 Å². The van der Waals surface area contributed by atoms with Gasteiger partial charge in [-0.15, -0.1) is 0 Å². The van der Waals surface area contributed by atoms with Crippen LogP contribution in [0.25, 0.3) is 0 Å². The van der Waals surface area contributed by atoms with Gasteiger partial charge >= 0.3 is 19.8 Å². The summed E-state index contributed by atoms with van der Waals surface area (Å²) >= 11 is 0. The standard InChI is InChI=1S/C52H94NO8P/c1-6-8-10-12-14-16-18-20-22-23-24-25-26-27-28-29-31-33-35-37-39-41-43-45-52(55)61-50(49-60-62(56,57)59-47-46-53(3,4)5)48-58-51(54)44-42-40-38-36-34-32-30-21-19-17-15-13-11-9-7-2/h8,10,14,16,20-22,24-25,30,50H,6-7,9,11-13,15,17-19,23,26-29,31-49H2,1-5H3/p+1/b10-8-,16-14-,22-20-,25-24-,30-21-. The normalized spacial score (nSPS) is 14.0. The van der Waals surface area contributed by atoms with Gasteiger partial charge in [0, 0.05) is 12.8 Å². The van der Waals surface area contributed by atoms with E-state index in [0.717, 1.165) is 89.9 Å². The van der Waals surface area contributed by atoms with Gasteiger partial charge in [0.15, 0.2) is 6.10 Å². The summed E-state index contributed by atoms with van der Waals surface area (Å²) in [4.78, 5) is 35.5. The molecule has 0 aromatic rings. The van der Waals surface area contributed by atoms with Crippen LogP contribution in [0.5, 0.6) is 0 Å². The molecule has 0 rings (SSSR count). The second kappa shape index (κ2) is 43.9. The van der Waals surface area contributed by atoms with Crippen LogP contribution in [-0.4, -0.2) is 74.9 Å². The predicted molar refractivity (Wildman–Crippen MR) is 261 cm³/mol. The topological polar surface area (TPSA) is 108 Å². The molecule has 0 aromatic carbocycles. The lowest BCUT2D eigenvalue weighted by Gasteiger charge is -2.24. The number of likely N-dealkylation sites (N-methyl/N-ethyl adjacent to an activating group) is 1. The summed E-state index contributed by atoms with van der Waals surface area (Å²) in [6.45, 7) is 4.30. The Hall–Kier alpha value is -2.29. The van der Waals surface area contributed by atoms with Crippen molar-refractivity contribution in [3.05, 3.63) is 60.8 Å². The summed E-state index contributed by atoms with van der Waals surface area (Å²) in [5.74, 6) is -0.812. The Balaban J connectivity index is 4.27. The van der Waals surface area contributed by atoms with Crippen LogP contribution in [0.1, 0.15) is 206 Å². The molecule has 10 heteroatoms. The molecule has 2 atom stereocenters. The minimum atomic E-state index is -4.38. The van der Waals surface area contributed by atoms with Crippen molar-refractivity contribution in [2.45, 2.75) is 213 Å². The van der Waals surface area contributed by atoms with Crippen LogP contribution < -0.4 is 0 Å². The van der Waals surface area contributed by atoms with Gasteiger partial charge in [-0.1, -0.05) is 177 Å². The van der Waals surface area contributed by atoms with Crippen LogP contribution in [0.2, 0.25) is 0 Å². The fraction of sp³-hybridized carbons (Fsp3) is 0.769. The summed E-state index contributed by atoms with van der Waals surface area (Å²) in [5, 5.41) is 0. The Bertz CT molecular complexity index is 1240. The summed E-state index contributed by atoms with van der Waals surface area (Å²) < 4.78 is 34.4. The van der Waals surface area contributed by atoms with E-state index >= 15 is 0 Å². The molecule has 0 spiro atoms. The van der Waals surface area contributed by atoms with Crippen LogP contribution >= 0.6 is 7.82 Å². The van der Waals surface area contributed by atoms with E-state index < -0.39 is 26.5 Å². The van der Waals surface area contributed by atoms with Gasteiger partial charge in [-0.25, -0.2) is 4.57 Å². The molecule has 9 nitrogen and oxygen atoms in total. The van der Waals surface area contributed by atoms with Gasteiger partial charge in [0.05, 0.1) is 27.7 Å². The number of hydrogen-bond donors (Lipinski definition) is 1. The maximum Gasteiger partial charge on any atom is 0.472 e. The molecule has 0 amide bonds. The molecular formula is C52H95NO8P+. The van der Waals surface area contributed by atoms with Gasteiger partial charge < -0.3 is 18.9 Å². The van der Waals surface area contributed by atoms with Crippen molar-refractivity contribution >= 4 is 19.8 Å². The lowest BCUT2D eigenvalue weighted by atomic mass is 10.0. The molecule has 0 aliphatic heterocycles. The number of rotatable bonds is 45. The second-order valence-electron chi connectivity index (χ2n) is 17.8. The van der Waals surface area contributed by atoms with E-state index in [9.17, 15) is 19.0 Å². The van der Waals surface area contributed by atoms with E-state index in [1.54, 1.807) is 0 Å². The Kier molecular flexibility index (Phi) is 42.3. The number of carbonyl (C=O) groups excluding carboxylic acids is 2. The number of hydrogen-bond acceptors (Lipinski definition) is 7. The summed E-state index contributed by atoms with van der Waals surface area (Å²) in [5.41, 5.74) is 0. The van der Waals surface area contributed by atoms with Gasteiger partial charge in [0.25, 0.3) is 0 Å². The first-order valence-corrected chi connectivity index (χ1v) is 26.5. The first-order chi connectivity index (χ1) is 30.0. The van der Waals surface area contributed by atoms with E-state index in [0.29, 0.717) is 17.4 Å². The molecule has 2 unspecified atom stereocenters. The highest BCUT2D eigenvalue weighted by Gasteiger charge is 2.27. The smallest absolute Gasteiger partial charge is 0.462 e. The van der Waals surface area contributed by atoms with E-state index in [4.69, 9.17) is 18.5 Å². The average molecular weight is 893 g/mol. The van der Waals surface area contributed by atoms with Crippen molar-refractivity contribution in [2.24, 2.45) is 0 Å². The molecule has 0 saturated heterocycles. The van der Waals surface area contributed by atoms with Crippen molar-refractivity contribution in [1.82, 2.24) is 0 Å². The average Bonchev–Trinajstić information content (AvgIpc) is 3.23. The molecule has 0 heterocycles. The molecule has 1 N–H and O–H groups in total. The minimum Gasteiger partial charge on any atom is -0.462 e. The van der Waals surface area contributed by atoms with Crippen LogP contribution in [0.3, 0.4) is 0 Å². The maximum absolute atomic E-state index is 12.8. The number of phosphoric acid groups is 1. The Morgan fingerprint density at radius 2 is 0.919 bits per heavy atom. The highest BCUT2D eigenvalue weighted by atomic mass is 31.2. The molecular weight excluding hydrogens is 798 g/mol. The largest absolute Gasteiger partial charge is 0.472 e. The number of allylic oxidation sites excluding steroid dienone is 10. The first kappa shape index (κ1) is 59.7. The molecule has 0 aliphatic carbocycles. The van der Waals surface area contributed by atoms with E-state index in [1.165, 1.54) is 83.5 Å². The predicted octanol–water partition coefficient (Wildman–Crippen LogP) is 14.8. The fourth-order valence-electron chi connectivity index (χ4n) is 6.65. The SMILES string of the molecule is CC/C=C\C/C=C\C/C=C\C/C=C\CCCCCCCCCCCCC(=O)OC(COC(=O)CCCCCCC/C=C\CCCCCCCC)COP(=O)(O)OCC[N+](C)(C)C. The van der Waals surface area contributed by atoms with Gasteiger partial charge in [0.2, 0.25) is 0 Å². The number of phosphoric ester groups is 1. The lowest BCUT2D eigenvalue weighted by Crippen LogP contribution is -2.37. The number of carbonyl (C=O) groups is 2. The summed E-state index contributed by atoms with van der Waals surface area (Å²) in [6.07, 6.45) is 54.1. The zero-order valence-corrected chi connectivity index (χ0v) is 41.5. The Labute approximate surface area is 381 Å². The van der Waals surface area contributed by atoms with Crippen molar-refractivity contribution in [1.29, 1.82) is 0 Å². The lowest BCUT2D eigenvalue weighted by molar-refractivity contribution is -0.870. The molecule has 0 bridgehead atoms. The van der Waals surface area contributed by atoms with Gasteiger partial charge in [-0.3, -0.25) is 18.6 Å². The summed E-state index contributed by atoms with van der Waals surface area (Å²) in [6, 6.07) is 0. The van der Waals surface area contributed by atoms with Gasteiger partial charge in [0.1, 0.15) is 19.8 Å². The van der Waals surface area contributed by atoms with E-state index in [2.05, 4.69) is 74.6 Å². The Morgan fingerprint density at radius 3 is 1.39 bits per heavy atom. The van der Waals surface area contributed by atoms with E-state index in [-0.39, 0.29) is 32.0 Å². The molecule has 0 saturated carbocycles. The first-order valence-electron chi connectivity index (χ1n) is 25.0. The molecule has 0 aromatic heterocycles. The van der Waals surface area contributed by atoms with Crippen molar-refractivity contribution in [3.63, 3.8) is 0 Å². The van der Waals surface area contributed by atoms with E-state index in [1.807, 2.05) is 21.1 Å². The third kappa shape index (κ3) is 47.2. The number of esters is 2. The zero-order chi connectivity index (χ0) is 45.7. The highest BCUT2D eigenvalue weighted by Crippen LogP contribution is 2.43. The quantitative estimate of drug-likeness (QED) is 0.0212. The third-order valence-corrected chi connectivity index (χ3v) is 11.5. The molecule has 0 fully saturated rings. The van der Waals surface area contributed by atoms with Crippen LogP contribution in [0, 0.1) is 0 Å². The van der Waals surface area contributed by atoms with Crippen LogP contribution in [0.15, 0.2) is 60.8 Å². The summed E-state index contributed by atoms with van der Waals surface area (Å²) in [7, 11) is 1.47. The van der Waals surface area contributed by atoms with Crippen LogP contribution in [0.4, 0.5) is 0 Å². The maximum atomic E-state index is 12.8. The monoisotopic (exact) mass is 893 g/mol.